The Bertz CT molecular complexity index is 786. The number of benzene rings is 1. The third-order valence-corrected chi connectivity index (χ3v) is 3.91. The molecule has 0 unspecified atom stereocenters. The first-order chi connectivity index (χ1) is 10.5. The number of fused-ring (bicyclic) bond motifs is 1. The van der Waals surface area contributed by atoms with Crippen LogP contribution in [0.5, 0.6) is 0 Å². The first-order valence-electron chi connectivity index (χ1n) is 7.47. The van der Waals surface area contributed by atoms with E-state index in [0.29, 0.717) is 18.3 Å². The summed E-state index contributed by atoms with van der Waals surface area (Å²) in [6.45, 7) is 6.39. The Labute approximate surface area is 129 Å². The van der Waals surface area contributed by atoms with Crippen molar-refractivity contribution in [1.82, 2.24) is 14.8 Å². The van der Waals surface area contributed by atoms with E-state index in [2.05, 4.69) is 29.8 Å². The molecular weight excluding hydrogens is 278 g/mol. The Kier molecular flexibility index (Phi) is 3.48. The van der Waals surface area contributed by atoms with Crippen LogP contribution < -0.4 is 5.32 Å². The maximum atomic E-state index is 12.2. The van der Waals surface area contributed by atoms with Crippen LogP contribution >= 0.6 is 0 Å². The maximum absolute atomic E-state index is 12.2. The van der Waals surface area contributed by atoms with E-state index in [-0.39, 0.29) is 11.9 Å². The summed E-state index contributed by atoms with van der Waals surface area (Å²) in [6.07, 6.45) is 3.79. The zero-order chi connectivity index (χ0) is 15.9. The highest BCUT2D eigenvalue weighted by molar-refractivity contribution is 6.14. The summed E-state index contributed by atoms with van der Waals surface area (Å²) in [4.78, 5) is 25.1. The van der Waals surface area contributed by atoms with Crippen LogP contribution in [0, 0.1) is 0 Å². The fourth-order valence-corrected chi connectivity index (χ4v) is 2.79. The molecular formula is C17H19N3O2. The lowest BCUT2D eigenvalue weighted by Crippen LogP contribution is -2.30. The summed E-state index contributed by atoms with van der Waals surface area (Å²) in [5.74, 6) is -0.270. The molecule has 0 aliphatic carbocycles. The predicted molar refractivity (Wildman–Crippen MR) is 86.2 cm³/mol. The molecule has 2 aromatic rings. The molecule has 0 radical (unpaired) electrons. The van der Waals surface area contributed by atoms with E-state index in [1.54, 1.807) is 13.0 Å². The van der Waals surface area contributed by atoms with Gasteiger partial charge in [-0.25, -0.2) is 4.79 Å². The van der Waals surface area contributed by atoms with Gasteiger partial charge in [0.25, 0.3) is 5.91 Å². The van der Waals surface area contributed by atoms with E-state index >= 15 is 0 Å². The topological polar surface area (TPSA) is 54.3 Å². The Morgan fingerprint density at radius 2 is 1.95 bits per heavy atom. The van der Waals surface area contributed by atoms with Crippen molar-refractivity contribution in [2.45, 2.75) is 26.8 Å². The highest BCUT2D eigenvalue weighted by Crippen LogP contribution is 2.27. The third-order valence-electron chi connectivity index (χ3n) is 3.91. The molecule has 0 atom stereocenters. The van der Waals surface area contributed by atoms with Crippen molar-refractivity contribution >= 4 is 28.9 Å². The highest BCUT2D eigenvalue weighted by Gasteiger charge is 2.32. The van der Waals surface area contributed by atoms with Gasteiger partial charge in [0.05, 0.1) is 0 Å². The van der Waals surface area contributed by atoms with Crippen molar-refractivity contribution in [1.29, 1.82) is 0 Å². The SMILES string of the molecule is CCN1C(=O)N/C(=C/c2cn(C(C)C)c3ccccc23)C1=O. The molecule has 1 aliphatic rings. The van der Waals surface area contributed by atoms with Gasteiger partial charge in [-0.2, -0.15) is 0 Å². The number of hydrogen-bond donors (Lipinski definition) is 1. The molecule has 114 valence electrons. The summed E-state index contributed by atoms with van der Waals surface area (Å²) in [7, 11) is 0. The van der Waals surface area contributed by atoms with E-state index in [0.717, 1.165) is 16.5 Å². The molecule has 1 aromatic carbocycles. The van der Waals surface area contributed by atoms with Gasteiger partial charge >= 0.3 is 6.03 Å². The number of likely N-dealkylation sites (N-methyl/N-ethyl adjacent to an activating group) is 1. The zero-order valence-corrected chi connectivity index (χ0v) is 13.0. The maximum Gasteiger partial charge on any atom is 0.328 e. The van der Waals surface area contributed by atoms with E-state index in [9.17, 15) is 9.59 Å². The van der Waals surface area contributed by atoms with Crippen molar-refractivity contribution in [2.75, 3.05) is 6.54 Å². The molecule has 1 aromatic heterocycles. The number of urea groups is 1. The van der Waals surface area contributed by atoms with E-state index in [4.69, 9.17) is 0 Å². The van der Waals surface area contributed by atoms with E-state index in [1.165, 1.54) is 4.90 Å². The number of imide groups is 1. The number of amides is 3. The molecule has 0 spiro atoms. The van der Waals surface area contributed by atoms with Gasteiger partial charge in [0.1, 0.15) is 5.70 Å². The number of aromatic nitrogens is 1. The van der Waals surface area contributed by atoms with Gasteiger partial charge in [0.15, 0.2) is 0 Å². The first-order valence-corrected chi connectivity index (χ1v) is 7.47. The quantitative estimate of drug-likeness (QED) is 0.699. The standard InChI is InChI=1S/C17H19N3O2/c1-4-19-16(21)14(18-17(19)22)9-12-10-20(11(2)3)15-8-6-5-7-13(12)15/h5-11H,4H2,1-3H3,(H,18,22)/b14-9+. The summed E-state index contributed by atoms with van der Waals surface area (Å²) in [6, 6.07) is 8.02. The van der Waals surface area contributed by atoms with Gasteiger partial charge in [-0.1, -0.05) is 18.2 Å². The van der Waals surface area contributed by atoms with E-state index < -0.39 is 0 Å². The largest absolute Gasteiger partial charge is 0.344 e. The normalized spacial score (nSPS) is 17.1. The molecule has 5 nitrogen and oxygen atoms in total. The Balaban J connectivity index is 2.10. The van der Waals surface area contributed by atoms with Gasteiger partial charge in [0.2, 0.25) is 0 Å². The fraction of sp³-hybridized carbons (Fsp3) is 0.294. The Hall–Kier alpha value is -2.56. The lowest BCUT2D eigenvalue weighted by Gasteiger charge is -2.08. The molecule has 1 fully saturated rings. The number of nitrogens with zero attached hydrogens (tertiary/aromatic N) is 2. The second kappa shape index (κ2) is 5.33. The van der Waals surface area contributed by atoms with Crippen LogP contribution in [0.4, 0.5) is 4.79 Å². The van der Waals surface area contributed by atoms with Crippen LogP contribution in [-0.4, -0.2) is 28.0 Å². The number of hydrogen-bond acceptors (Lipinski definition) is 2. The van der Waals surface area contributed by atoms with Crippen molar-refractivity contribution < 1.29 is 9.59 Å². The summed E-state index contributed by atoms with van der Waals surface area (Å²) < 4.78 is 2.17. The van der Waals surface area contributed by atoms with Gasteiger partial charge in [-0.05, 0) is 32.9 Å². The van der Waals surface area contributed by atoms with Crippen molar-refractivity contribution in [3.63, 3.8) is 0 Å². The second-order valence-corrected chi connectivity index (χ2v) is 5.64. The van der Waals surface area contributed by atoms with Crippen molar-refractivity contribution in [2.24, 2.45) is 0 Å². The molecule has 3 rings (SSSR count). The Morgan fingerprint density at radius 1 is 1.23 bits per heavy atom. The lowest BCUT2D eigenvalue weighted by atomic mass is 10.1. The molecule has 2 heterocycles. The molecule has 22 heavy (non-hydrogen) atoms. The molecule has 1 N–H and O–H groups in total. The van der Waals surface area contributed by atoms with E-state index in [1.807, 2.05) is 24.4 Å². The summed E-state index contributed by atoms with van der Waals surface area (Å²) >= 11 is 0. The summed E-state index contributed by atoms with van der Waals surface area (Å²) in [5.41, 5.74) is 2.39. The highest BCUT2D eigenvalue weighted by atomic mass is 16.2. The number of para-hydroxylation sites is 1. The number of nitrogens with one attached hydrogen (secondary N) is 1. The number of carbonyl (C=O) groups excluding carboxylic acids is 2. The minimum atomic E-state index is -0.355. The molecule has 1 saturated heterocycles. The minimum absolute atomic E-state index is 0.270. The fourth-order valence-electron chi connectivity index (χ4n) is 2.79. The summed E-state index contributed by atoms with van der Waals surface area (Å²) in [5, 5.41) is 3.72. The number of rotatable bonds is 3. The molecule has 5 heteroatoms. The van der Waals surface area contributed by atoms with Crippen LogP contribution in [0.25, 0.3) is 17.0 Å². The van der Waals surface area contributed by atoms with Crippen LogP contribution in [0.1, 0.15) is 32.4 Å². The average molecular weight is 297 g/mol. The number of carbonyl (C=O) groups is 2. The minimum Gasteiger partial charge on any atom is -0.344 e. The van der Waals surface area contributed by atoms with Crippen LogP contribution in [-0.2, 0) is 4.79 Å². The monoisotopic (exact) mass is 297 g/mol. The zero-order valence-electron chi connectivity index (χ0n) is 13.0. The van der Waals surface area contributed by atoms with Gasteiger partial charge in [-0.3, -0.25) is 9.69 Å². The molecule has 0 saturated carbocycles. The van der Waals surface area contributed by atoms with Gasteiger partial charge in [0, 0.05) is 35.2 Å². The van der Waals surface area contributed by atoms with Crippen LogP contribution in [0.2, 0.25) is 0 Å². The lowest BCUT2D eigenvalue weighted by molar-refractivity contribution is -0.122. The third kappa shape index (κ3) is 2.19. The van der Waals surface area contributed by atoms with Gasteiger partial charge in [-0.15, -0.1) is 0 Å². The Morgan fingerprint density at radius 3 is 2.59 bits per heavy atom. The molecule has 1 aliphatic heterocycles. The average Bonchev–Trinajstić information content (AvgIpc) is 2.98. The van der Waals surface area contributed by atoms with Crippen molar-refractivity contribution in [3.05, 3.63) is 41.7 Å². The first kappa shape index (κ1) is 14.4. The van der Waals surface area contributed by atoms with Crippen molar-refractivity contribution in [3.8, 4) is 0 Å². The molecule has 3 amide bonds. The predicted octanol–water partition coefficient (Wildman–Crippen LogP) is 3.13. The molecule has 0 bridgehead atoms. The second-order valence-electron chi connectivity index (χ2n) is 5.64. The smallest absolute Gasteiger partial charge is 0.328 e. The van der Waals surface area contributed by atoms with Gasteiger partial charge < -0.3 is 9.88 Å². The van der Waals surface area contributed by atoms with Crippen LogP contribution in [0.15, 0.2) is 36.2 Å². The van der Waals surface area contributed by atoms with Crippen LogP contribution in [0.3, 0.4) is 0 Å².